The van der Waals surface area contributed by atoms with Gasteiger partial charge in [0, 0.05) is 18.8 Å². The summed E-state index contributed by atoms with van der Waals surface area (Å²) < 4.78 is 1.11. The second-order valence-electron chi connectivity index (χ2n) is 6.28. The first-order valence-electron chi connectivity index (χ1n) is 9.84. The Morgan fingerprint density at radius 3 is 1.57 bits per heavy atom. The minimum absolute atomic E-state index is 1.11. The van der Waals surface area contributed by atoms with Gasteiger partial charge in [-0.1, -0.05) is 108 Å². The molecule has 0 rings (SSSR count). The van der Waals surface area contributed by atoms with Gasteiger partial charge in [-0.2, -0.15) is 0 Å². The number of nitrogens with zero attached hydrogens (tertiary/aromatic N) is 1. The van der Waals surface area contributed by atoms with Crippen LogP contribution in [-0.4, -0.2) is 28.1 Å². The van der Waals surface area contributed by atoms with E-state index in [-0.39, 0.29) is 0 Å². The summed E-state index contributed by atoms with van der Waals surface area (Å²) in [5, 5.41) is 0. The van der Waals surface area contributed by atoms with Crippen LogP contribution in [0.1, 0.15) is 97.8 Å². The molecule has 0 aromatic carbocycles. The summed E-state index contributed by atoms with van der Waals surface area (Å²) in [7, 11) is 3.68. The maximum absolute atomic E-state index is 5.65. The molecular formula is C19H39NS3. The van der Waals surface area contributed by atoms with E-state index in [0.29, 0.717) is 0 Å². The average molecular weight is 378 g/mol. The Morgan fingerprint density at radius 1 is 0.696 bits per heavy atom. The van der Waals surface area contributed by atoms with E-state index in [9.17, 15) is 0 Å². The molecule has 0 amide bonds. The van der Waals surface area contributed by atoms with Gasteiger partial charge in [0.05, 0.1) is 0 Å². The minimum Gasteiger partial charge on any atom is -0.357 e. The maximum atomic E-state index is 5.65. The van der Waals surface area contributed by atoms with Crippen LogP contribution in [0.4, 0.5) is 0 Å². The maximum Gasteiger partial charge on any atom is 0.147 e. The van der Waals surface area contributed by atoms with E-state index in [0.717, 1.165) is 23.2 Å². The normalized spacial score (nSPS) is 10.9. The Labute approximate surface area is 159 Å². The number of rotatable bonds is 16. The number of unbranched alkanes of at least 4 members (excludes halogenated alkanes) is 10. The van der Waals surface area contributed by atoms with E-state index in [1.165, 1.54) is 77.0 Å². The Hall–Kier alpha value is 0.590. The predicted molar refractivity (Wildman–Crippen MR) is 117 cm³/mol. The molecule has 0 spiro atoms. The Bertz CT molecular complexity index is 243. The van der Waals surface area contributed by atoms with Crippen molar-refractivity contribution in [2.45, 2.75) is 97.8 Å². The monoisotopic (exact) mass is 377 g/mol. The molecule has 23 heavy (non-hydrogen) atoms. The fourth-order valence-corrected chi connectivity index (χ4v) is 4.72. The van der Waals surface area contributed by atoms with Crippen molar-refractivity contribution in [1.29, 1.82) is 0 Å². The molecule has 0 saturated carbocycles. The van der Waals surface area contributed by atoms with E-state index in [1.807, 2.05) is 10.8 Å². The molecule has 0 radical (unpaired) electrons. The smallest absolute Gasteiger partial charge is 0.147 e. The quantitative estimate of drug-likeness (QED) is 0.154. The van der Waals surface area contributed by atoms with Crippen LogP contribution in [0.5, 0.6) is 0 Å². The largest absolute Gasteiger partial charge is 0.357 e. The molecule has 0 unspecified atom stereocenters. The van der Waals surface area contributed by atoms with Crippen molar-refractivity contribution in [2.24, 2.45) is 0 Å². The molecule has 4 heteroatoms. The summed E-state index contributed by atoms with van der Waals surface area (Å²) in [6.07, 6.45) is 16.4. The van der Waals surface area contributed by atoms with E-state index >= 15 is 0 Å². The first-order valence-corrected chi connectivity index (χ1v) is 12.6. The second kappa shape index (κ2) is 18.9. The zero-order chi connectivity index (χ0) is 17.2. The third-order valence-electron chi connectivity index (χ3n) is 4.07. The van der Waals surface area contributed by atoms with Crippen molar-refractivity contribution < 1.29 is 0 Å². The summed E-state index contributed by atoms with van der Waals surface area (Å²) in [4.78, 5) is 2.47. The van der Waals surface area contributed by atoms with Crippen LogP contribution < -0.4 is 0 Å². The second-order valence-corrected chi connectivity index (χ2v) is 9.50. The van der Waals surface area contributed by atoms with Gasteiger partial charge in [-0.05, 0) is 23.6 Å². The molecule has 0 aromatic heterocycles. The minimum atomic E-state index is 1.11. The molecule has 0 heterocycles. The van der Waals surface area contributed by atoms with Gasteiger partial charge >= 0.3 is 0 Å². The molecule has 0 atom stereocenters. The fourth-order valence-electron chi connectivity index (χ4n) is 2.62. The molecule has 0 aliphatic rings. The molecule has 0 aromatic rings. The van der Waals surface area contributed by atoms with Gasteiger partial charge < -0.3 is 4.90 Å². The van der Waals surface area contributed by atoms with Gasteiger partial charge in [0.25, 0.3) is 0 Å². The zero-order valence-electron chi connectivity index (χ0n) is 15.8. The van der Waals surface area contributed by atoms with Gasteiger partial charge in [0.15, 0.2) is 0 Å². The van der Waals surface area contributed by atoms with Gasteiger partial charge in [0.2, 0.25) is 0 Å². The van der Waals surface area contributed by atoms with E-state index < -0.39 is 0 Å². The molecule has 0 saturated heterocycles. The standard InChI is InChI=1S/C19H39NS3/c1-4-7-9-11-13-15-17-20(19(21)23-22-6-3)18-16-14-12-10-8-5-2/h4-18H2,1-3H3. The summed E-state index contributed by atoms with van der Waals surface area (Å²) in [6.45, 7) is 9.09. The van der Waals surface area contributed by atoms with Crippen LogP contribution in [0, 0.1) is 0 Å². The summed E-state index contributed by atoms with van der Waals surface area (Å²) in [5.41, 5.74) is 0. The molecular weight excluding hydrogens is 338 g/mol. The van der Waals surface area contributed by atoms with E-state index in [4.69, 9.17) is 12.2 Å². The van der Waals surface area contributed by atoms with Crippen LogP contribution in [0.25, 0.3) is 0 Å². The van der Waals surface area contributed by atoms with E-state index in [2.05, 4.69) is 25.7 Å². The molecule has 0 aliphatic carbocycles. The average Bonchev–Trinajstić information content (AvgIpc) is 2.56. The van der Waals surface area contributed by atoms with E-state index in [1.54, 1.807) is 10.8 Å². The highest BCUT2D eigenvalue weighted by atomic mass is 33.1. The summed E-state index contributed by atoms with van der Waals surface area (Å²) in [5.74, 6) is 1.13. The van der Waals surface area contributed by atoms with Gasteiger partial charge in [-0.25, -0.2) is 0 Å². The molecule has 0 N–H and O–H groups in total. The zero-order valence-corrected chi connectivity index (χ0v) is 18.2. The molecule has 1 nitrogen and oxygen atoms in total. The SMILES string of the molecule is CCCCCCCCN(CCCCCCCC)C(=S)SSCC. The van der Waals surface area contributed by atoms with Gasteiger partial charge in [-0.15, -0.1) is 0 Å². The van der Waals surface area contributed by atoms with Crippen LogP contribution in [0.2, 0.25) is 0 Å². The predicted octanol–water partition coefficient (Wildman–Crippen LogP) is 7.70. The first-order chi connectivity index (χ1) is 11.3. The highest BCUT2D eigenvalue weighted by Crippen LogP contribution is 2.25. The highest BCUT2D eigenvalue weighted by Gasteiger charge is 2.10. The Morgan fingerprint density at radius 2 is 1.13 bits per heavy atom. The lowest BCUT2D eigenvalue weighted by atomic mass is 10.1. The molecule has 0 aliphatic heterocycles. The Balaban J connectivity index is 3.91. The lowest BCUT2D eigenvalue weighted by molar-refractivity contribution is 0.395. The highest BCUT2D eigenvalue weighted by molar-refractivity contribution is 8.83. The third-order valence-corrected chi connectivity index (χ3v) is 7.18. The van der Waals surface area contributed by atoms with Crippen LogP contribution >= 0.6 is 33.8 Å². The van der Waals surface area contributed by atoms with Crippen LogP contribution in [0.15, 0.2) is 0 Å². The third kappa shape index (κ3) is 15.8. The van der Waals surface area contributed by atoms with Crippen molar-refractivity contribution in [1.82, 2.24) is 4.90 Å². The van der Waals surface area contributed by atoms with Crippen molar-refractivity contribution >= 4 is 38.1 Å². The van der Waals surface area contributed by atoms with Crippen molar-refractivity contribution in [3.63, 3.8) is 0 Å². The van der Waals surface area contributed by atoms with Crippen molar-refractivity contribution in [2.75, 3.05) is 18.8 Å². The summed E-state index contributed by atoms with van der Waals surface area (Å²) >= 11 is 5.65. The van der Waals surface area contributed by atoms with Gasteiger partial charge in [-0.3, -0.25) is 0 Å². The lowest BCUT2D eigenvalue weighted by Crippen LogP contribution is -2.29. The summed E-state index contributed by atoms with van der Waals surface area (Å²) in [6, 6.07) is 0. The number of hydrogen-bond acceptors (Lipinski definition) is 3. The molecule has 138 valence electrons. The lowest BCUT2D eigenvalue weighted by Gasteiger charge is -2.24. The number of thiocarbonyl (C=S) groups is 1. The van der Waals surface area contributed by atoms with Crippen LogP contribution in [-0.2, 0) is 0 Å². The molecule has 0 bridgehead atoms. The van der Waals surface area contributed by atoms with Crippen LogP contribution in [0.3, 0.4) is 0 Å². The van der Waals surface area contributed by atoms with Crippen molar-refractivity contribution in [3.05, 3.63) is 0 Å². The number of hydrogen-bond donors (Lipinski definition) is 0. The fraction of sp³-hybridized carbons (Fsp3) is 0.947. The topological polar surface area (TPSA) is 3.24 Å². The molecule has 0 fully saturated rings. The Kier molecular flexibility index (Phi) is 19.4. The van der Waals surface area contributed by atoms with Crippen molar-refractivity contribution in [3.8, 4) is 0 Å². The first kappa shape index (κ1) is 23.6. The van der Waals surface area contributed by atoms with Gasteiger partial charge in [0.1, 0.15) is 4.32 Å².